The maximum Gasteiger partial charge on any atom is 0.153 e. The number of nitrogens with two attached hydrogens (primary N) is 1. The van der Waals surface area contributed by atoms with E-state index in [9.17, 15) is 5.11 Å². The number of nitrogens with zero attached hydrogens (tertiary/aromatic N) is 1. The third kappa shape index (κ3) is 3.34. The Morgan fingerprint density at radius 2 is 1.81 bits per heavy atom. The number of fused-ring (bicyclic) bond motifs is 1. The molecule has 136 valence electrons. The number of phenolic OH excluding ortho intramolecular Hbond substituents is 1. The normalized spacial score (nSPS) is 11.2. The second kappa shape index (κ2) is 6.80. The highest BCUT2D eigenvalue weighted by atomic mass is 35.5. The molecule has 4 nitrogen and oxygen atoms in total. The summed E-state index contributed by atoms with van der Waals surface area (Å²) in [5.41, 5.74) is 11.8. The first-order valence-electron chi connectivity index (χ1n) is 8.43. The number of aryl methyl sites for hydroxylation is 1. The lowest BCUT2D eigenvalue weighted by Gasteiger charge is -2.14. The summed E-state index contributed by atoms with van der Waals surface area (Å²) >= 11 is 12.5. The molecule has 0 spiro atoms. The largest absolute Gasteiger partial charge is 0.508 e. The molecule has 4 aromatic rings. The van der Waals surface area contributed by atoms with Crippen molar-refractivity contribution >= 4 is 39.9 Å². The van der Waals surface area contributed by atoms with Crippen LogP contribution in [0.15, 0.2) is 48.5 Å². The third-order valence-electron chi connectivity index (χ3n) is 4.72. The molecule has 0 amide bonds. The topological polar surface area (TPSA) is 74.9 Å². The van der Waals surface area contributed by atoms with Gasteiger partial charge in [-0.2, -0.15) is 5.10 Å². The number of rotatable bonds is 3. The zero-order valence-corrected chi connectivity index (χ0v) is 16.1. The fraction of sp³-hybridized carbons (Fsp3) is 0.0952. The molecule has 27 heavy (non-hydrogen) atoms. The van der Waals surface area contributed by atoms with E-state index in [0.29, 0.717) is 22.3 Å². The molecular weight excluding hydrogens is 381 g/mol. The van der Waals surface area contributed by atoms with Crippen molar-refractivity contribution in [1.29, 1.82) is 0 Å². The zero-order valence-electron chi connectivity index (χ0n) is 14.6. The summed E-state index contributed by atoms with van der Waals surface area (Å²) in [4.78, 5) is 0. The van der Waals surface area contributed by atoms with Crippen LogP contribution in [0.4, 0.5) is 5.82 Å². The molecule has 6 heteroatoms. The predicted molar refractivity (Wildman–Crippen MR) is 112 cm³/mol. The smallest absolute Gasteiger partial charge is 0.153 e. The van der Waals surface area contributed by atoms with Crippen LogP contribution < -0.4 is 5.73 Å². The van der Waals surface area contributed by atoms with Crippen molar-refractivity contribution in [2.24, 2.45) is 0 Å². The van der Waals surface area contributed by atoms with E-state index < -0.39 is 0 Å². The van der Waals surface area contributed by atoms with Gasteiger partial charge in [0.1, 0.15) is 5.75 Å². The fourth-order valence-corrected chi connectivity index (χ4v) is 3.69. The van der Waals surface area contributed by atoms with Gasteiger partial charge in [0.2, 0.25) is 0 Å². The van der Waals surface area contributed by atoms with Crippen LogP contribution in [0.2, 0.25) is 10.0 Å². The fourth-order valence-electron chi connectivity index (χ4n) is 3.31. The van der Waals surface area contributed by atoms with Crippen LogP contribution in [0.5, 0.6) is 5.75 Å². The molecule has 0 saturated heterocycles. The predicted octanol–water partition coefficient (Wildman–Crippen LogP) is 5.72. The molecule has 0 atom stereocenters. The minimum Gasteiger partial charge on any atom is -0.508 e. The van der Waals surface area contributed by atoms with Crippen LogP contribution in [0.25, 0.3) is 22.0 Å². The average molecular weight is 398 g/mol. The number of nitrogen functional groups attached to an aromatic ring is 1. The number of aromatic nitrogens is 2. The molecule has 0 unspecified atom stereocenters. The molecule has 1 aromatic heterocycles. The van der Waals surface area contributed by atoms with Gasteiger partial charge in [0.15, 0.2) is 5.82 Å². The van der Waals surface area contributed by atoms with Gasteiger partial charge in [-0.15, -0.1) is 0 Å². The maximum atomic E-state index is 10.00. The van der Waals surface area contributed by atoms with Gasteiger partial charge < -0.3 is 10.8 Å². The van der Waals surface area contributed by atoms with Gasteiger partial charge >= 0.3 is 0 Å². The van der Waals surface area contributed by atoms with E-state index in [-0.39, 0.29) is 5.75 Å². The number of aromatic amines is 1. The lowest BCUT2D eigenvalue weighted by Crippen LogP contribution is -1.96. The second-order valence-corrected chi connectivity index (χ2v) is 7.42. The van der Waals surface area contributed by atoms with Gasteiger partial charge in [-0.1, -0.05) is 29.3 Å². The first-order valence-corrected chi connectivity index (χ1v) is 9.18. The van der Waals surface area contributed by atoms with Crippen molar-refractivity contribution in [2.45, 2.75) is 13.3 Å². The number of H-pyrrole nitrogens is 1. The number of halogens is 2. The minimum absolute atomic E-state index is 0.214. The summed E-state index contributed by atoms with van der Waals surface area (Å²) in [5.74, 6) is 0.661. The Kier molecular flexibility index (Phi) is 4.46. The number of hydrogen-bond donors (Lipinski definition) is 3. The van der Waals surface area contributed by atoms with Gasteiger partial charge in [0.25, 0.3) is 0 Å². The van der Waals surface area contributed by atoms with Gasteiger partial charge in [-0.25, -0.2) is 0 Å². The summed E-state index contributed by atoms with van der Waals surface area (Å²) in [5, 5.41) is 19.2. The monoisotopic (exact) mass is 397 g/mol. The van der Waals surface area contributed by atoms with Gasteiger partial charge in [0.05, 0.1) is 5.52 Å². The van der Waals surface area contributed by atoms with E-state index in [4.69, 9.17) is 28.9 Å². The van der Waals surface area contributed by atoms with E-state index in [2.05, 4.69) is 10.2 Å². The quantitative estimate of drug-likeness (QED) is 0.413. The number of anilines is 1. The Hall–Kier alpha value is -2.69. The molecule has 0 aliphatic carbocycles. The molecule has 0 aliphatic heterocycles. The molecule has 4 rings (SSSR count). The number of aromatic hydroxyl groups is 1. The van der Waals surface area contributed by atoms with Crippen LogP contribution in [0, 0.1) is 6.92 Å². The molecule has 1 heterocycles. The van der Waals surface area contributed by atoms with Gasteiger partial charge in [-0.05, 0) is 83.6 Å². The standard InChI is InChI=1S/C21H17Cl2N3O/c1-11-2-4-15(27)9-16(11)17-10-20-18(21(24)26-25-20)8-12(17)6-13-7-14(22)3-5-19(13)23/h2-5,7-10,27H,6H2,1H3,(H3,24,25,26). The average Bonchev–Trinajstić information content (AvgIpc) is 3.00. The van der Waals surface area contributed by atoms with Crippen molar-refractivity contribution in [3.8, 4) is 16.9 Å². The van der Waals surface area contributed by atoms with Crippen LogP contribution in [-0.2, 0) is 6.42 Å². The van der Waals surface area contributed by atoms with Crippen molar-refractivity contribution in [3.63, 3.8) is 0 Å². The van der Waals surface area contributed by atoms with Crippen molar-refractivity contribution in [1.82, 2.24) is 10.2 Å². The second-order valence-electron chi connectivity index (χ2n) is 6.58. The highest BCUT2D eigenvalue weighted by molar-refractivity contribution is 6.33. The van der Waals surface area contributed by atoms with E-state index >= 15 is 0 Å². The van der Waals surface area contributed by atoms with E-state index in [1.807, 2.05) is 31.2 Å². The Morgan fingerprint density at radius 1 is 1.00 bits per heavy atom. The minimum atomic E-state index is 0.214. The van der Waals surface area contributed by atoms with Crippen LogP contribution in [0.3, 0.4) is 0 Å². The van der Waals surface area contributed by atoms with Crippen LogP contribution in [0.1, 0.15) is 16.7 Å². The van der Waals surface area contributed by atoms with Gasteiger partial charge in [0, 0.05) is 15.4 Å². The number of nitrogens with one attached hydrogen (secondary N) is 1. The van der Waals surface area contributed by atoms with E-state index in [0.717, 1.165) is 38.7 Å². The molecular formula is C21H17Cl2N3O. The Balaban J connectivity index is 1.95. The van der Waals surface area contributed by atoms with E-state index in [1.165, 1.54) is 0 Å². The molecule has 4 N–H and O–H groups in total. The third-order valence-corrected chi connectivity index (χ3v) is 5.32. The van der Waals surface area contributed by atoms with Crippen molar-refractivity contribution in [2.75, 3.05) is 5.73 Å². The van der Waals surface area contributed by atoms with Crippen molar-refractivity contribution < 1.29 is 5.11 Å². The highest BCUT2D eigenvalue weighted by Crippen LogP contribution is 2.36. The SMILES string of the molecule is Cc1ccc(O)cc1-c1cc2[nH]nc(N)c2cc1Cc1cc(Cl)ccc1Cl. The van der Waals surface area contributed by atoms with E-state index in [1.54, 1.807) is 24.3 Å². The highest BCUT2D eigenvalue weighted by Gasteiger charge is 2.15. The summed E-state index contributed by atoms with van der Waals surface area (Å²) in [6, 6.07) is 14.8. The number of hydrogen-bond acceptors (Lipinski definition) is 3. The Labute approximate surface area is 166 Å². The molecule has 3 aromatic carbocycles. The van der Waals surface area contributed by atoms with Gasteiger partial charge in [-0.3, -0.25) is 5.10 Å². The lowest BCUT2D eigenvalue weighted by molar-refractivity contribution is 0.475. The zero-order chi connectivity index (χ0) is 19.1. The first-order chi connectivity index (χ1) is 12.9. The number of phenols is 1. The maximum absolute atomic E-state index is 10.00. The lowest BCUT2D eigenvalue weighted by atomic mass is 9.91. The molecule has 0 radical (unpaired) electrons. The Morgan fingerprint density at radius 3 is 2.63 bits per heavy atom. The van der Waals surface area contributed by atoms with Crippen molar-refractivity contribution in [3.05, 3.63) is 75.3 Å². The summed E-state index contributed by atoms with van der Waals surface area (Å²) in [7, 11) is 0. The summed E-state index contributed by atoms with van der Waals surface area (Å²) < 4.78 is 0. The Bertz CT molecular complexity index is 1170. The molecule has 0 fully saturated rings. The molecule has 0 saturated carbocycles. The summed E-state index contributed by atoms with van der Waals surface area (Å²) in [6.45, 7) is 2.01. The van der Waals surface area contributed by atoms with Crippen LogP contribution >= 0.6 is 23.2 Å². The summed E-state index contributed by atoms with van der Waals surface area (Å²) in [6.07, 6.45) is 0.574. The van der Waals surface area contributed by atoms with Crippen LogP contribution in [-0.4, -0.2) is 15.3 Å². The molecule has 0 bridgehead atoms. The molecule has 0 aliphatic rings. The number of benzene rings is 3. The first kappa shape index (κ1) is 17.7.